The molecule has 0 spiro atoms. The second kappa shape index (κ2) is 7.28. The molecule has 1 aromatic carbocycles. The van der Waals surface area contributed by atoms with Gasteiger partial charge in [-0.05, 0) is 25.7 Å². The fourth-order valence-corrected chi connectivity index (χ4v) is 2.74. The molecule has 3 N–H and O–H groups in total. The Labute approximate surface area is 134 Å². The molecule has 23 heavy (non-hydrogen) atoms. The monoisotopic (exact) mass is 315 g/mol. The van der Waals surface area contributed by atoms with E-state index in [1.165, 1.54) is 0 Å². The van der Waals surface area contributed by atoms with Gasteiger partial charge in [-0.25, -0.2) is 9.78 Å². The minimum atomic E-state index is -0.231. The number of hydrogen-bond acceptors (Lipinski definition) is 4. The lowest BCUT2D eigenvalue weighted by Crippen LogP contribution is -2.43. The molecular formula is C17H21N3O3. The maximum atomic E-state index is 11.9. The van der Waals surface area contributed by atoms with Crippen molar-refractivity contribution in [2.45, 2.75) is 44.4 Å². The zero-order valence-corrected chi connectivity index (χ0v) is 12.9. The molecule has 6 nitrogen and oxygen atoms in total. The Morgan fingerprint density at radius 2 is 1.96 bits per heavy atom. The van der Waals surface area contributed by atoms with Crippen molar-refractivity contribution >= 4 is 6.03 Å². The first kappa shape index (κ1) is 15.6. The third kappa shape index (κ3) is 4.32. The molecule has 2 aromatic rings. The van der Waals surface area contributed by atoms with E-state index in [1.807, 2.05) is 30.3 Å². The van der Waals surface area contributed by atoms with Crippen LogP contribution in [0.4, 0.5) is 4.79 Å². The molecule has 0 atom stereocenters. The number of amides is 2. The smallest absolute Gasteiger partial charge is 0.315 e. The van der Waals surface area contributed by atoms with E-state index in [0.717, 1.165) is 31.2 Å². The number of urea groups is 1. The molecule has 0 saturated heterocycles. The first-order valence-electron chi connectivity index (χ1n) is 7.93. The number of aliphatic hydroxyl groups excluding tert-OH is 1. The molecule has 1 aromatic heterocycles. The number of hydrogen-bond donors (Lipinski definition) is 3. The summed E-state index contributed by atoms with van der Waals surface area (Å²) in [5, 5.41) is 15.1. The van der Waals surface area contributed by atoms with E-state index >= 15 is 0 Å². The summed E-state index contributed by atoms with van der Waals surface area (Å²) in [4.78, 5) is 16.1. The van der Waals surface area contributed by atoms with Gasteiger partial charge in [0, 0.05) is 11.6 Å². The Bertz CT molecular complexity index is 634. The molecule has 3 rings (SSSR count). The molecule has 0 aliphatic heterocycles. The predicted molar refractivity (Wildman–Crippen MR) is 85.6 cm³/mol. The van der Waals surface area contributed by atoms with E-state index in [0.29, 0.717) is 11.7 Å². The number of carbonyl (C=O) groups excluding carboxylic acids is 1. The van der Waals surface area contributed by atoms with Crippen LogP contribution in [0.5, 0.6) is 0 Å². The highest BCUT2D eigenvalue weighted by molar-refractivity contribution is 5.74. The molecule has 1 heterocycles. The molecule has 0 bridgehead atoms. The maximum Gasteiger partial charge on any atom is 0.315 e. The van der Waals surface area contributed by atoms with Gasteiger partial charge >= 0.3 is 6.03 Å². The molecule has 2 amide bonds. The summed E-state index contributed by atoms with van der Waals surface area (Å²) in [5.74, 6) is 1.15. The highest BCUT2D eigenvalue weighted by Crippen LogP contribution is 2.20. The Morgan fingerprint density at radius 1 is 1.22 bits per heavy atom. The van der Waals surface area contributed by atoms with Crippen molar-refractivity contribution in [3.8, 4) is 11.3 Å². The summed E-state index contributed by atoms with van der Waals surface area (Å²) < 4.78 is 5.64. The van der Waals surface area contributed by atoms with Crippen molar-refractivity contribution in [2.24, 2.45) is 0 Å². The lowest BCUT2D eigenvalue weighted by molar-refractivity contribution is 0.117. The lowest BCUT2D eigenvalue weighted by atomic mass is 9.93. The van der Waals surface area contributed by atoms with Gasteiger partial charge in [-0.1, -0.05) is 30.3 Å². The Morgan fingerprint density at radius 3 is 2.70 bits per heavy atom. The van der Waals surface area contributed by atoms with Crippen molar-refractivity contribution in [3.05, 3.63) is 42.4 Å². The third-order valence-corrected chi connectivity index (χ3v) is 4.04. The van der Waals surface area contributed by atoms with Crippen LogP contribution < -0.4 is 10.6 Å². The zero-order valence-electron chi connectivity index (χ0n) is 12.9. The summed E-state index contributed by atoms with van der Waals surface area (Å²) in [6, 6.07) is 9.60. The molecule has 6 heteroatoms. The van der Waals surface area contributed by atoms with Gasteiger partial charge in [0.15, 0.2) is 5.76 Å². The zero-order chi connectivity index (χ0) is 16.1. The second-order valence-corrected chi connectivity index (χ2v) is 5.82. The quantitative estimate of drug-likeness (QED) is 0.808. The van der Waals surface area contributed by atoms with Gasteiger partial charge in [-0.3, -0.25) is 0 Å². The number of nitrogens with zero attached hydrogens (tertiary/aromatic N) is 1. The Hall–Kier alpha value is -2.34. The molecule has 1 aliphatic rings. The van der Waals surface area contributed by atoms with Crippen LogP contribution in [0.2, 0.25) is 0 Å². The number of rotatable bonds is 4. The number of benzene rings is 1. The van der Waals surface area contributed by atoms with Crippen LogP contribution in [0, 0.1) is 0 Å². The number of aromatic nitrogens is 1. The molecule has 0 unspecified atom stereocenters. The predicted octanol–water partition coefficient (Wildman–Crippen LogP) is 2.44. The number of aliphatic hydroxyl groups is 1. The van der Waals surface area contributed by atoms with E-state index in [-0.39, 0.29) is 24.7 Å². The van der Waals surface area contributed by atoms with Gasteiger partial charge in [0.2, 0.25) is 5.89 Å². The first-order chi connectivity index (χ1) is 11.2. The SMILES string of the molecule is O=C(NCc1ncc(-c2ccccc2)o1)NC1CCC(O)CC1. The molecule has 1 aliphatic carbocycles. The van der Waals surface area contributed by atoms with Crippen molar-refractivity contribution in [1.82, 2.24) is 15.6 Å². The summed E-state index contributed by atoms with van der Waals surface area (Å²) in [5.41, 5.74) is 0.955. The molecule has 122 valence electrons. The summed E-state index contributed by atoms with van der Waals surface area (Å²) >= 11 is 0. The van der Waals surface area contributed by atoms with Gasteiger partial charge in [0.1, 0.15) is 0 Å². The van der Waals surface area contributed by atoms with Crippen LogP contribution >= 0.6 is 0 Å². The van der Waals surface area contributed by atoms with Gasteiger partial charge in [0.05, 0.1) is 18.8 Å². The minimum Gasteiger partial charge on any atom is -0.439 e. The van der Waals surface area contributed by atoms with Crippen molar-refractivity contribution in [3.63, 3.8) is 0 Å². The molecule has 1 saturated carbocycles. The van der Waals surface area contributed by atoms with Gasteiger partial charge in [-0.2, -0.15) is 0 Å². The third-order valence-electron chi connectivity index (χ3n) is 4.04. The van der Waals surface area contributed by atoms with E-state index in [1.54, 1.807) is 6.20 Å². The van der Waals surface area contributed by atoms with Crippen LogP contribution in [0.15, 0.2) is 40.9 Å². The fraction of sp³-hybridized carbons (Fsp3) is 0.412. The Kier molecular flexibility index (Phi) is 4.92. The van der Waals surface area contributed by atoms with E-state index in [4.69, 9.17) is 4.42 Å². The summed E-state index contributed by atoms with van der Waals surface area (Å²) in [6.07, 6.45) is 4.54. The van der Waals surface area contributed by atoms with Gasteiger partial charge < -0.3 is 20.2 Å². The van der Waals surface area contributed by atoms with Crippen LogP contribution in [-0.4, -0.2) is 28.3 Å². The average Bonchev–Trinajstić information content (AvgIpc) is 3.05. The molecular weight excluding hydrogens is 294 g/mol. The van der Waals surface area contributed by atoms with Gasteiger partial charge in [0.25, 0.3) is 0 Å². The number of oxazole rings is 1. The van der Waals surface area contributed by atoms with Crippen LogP contribution in [0.1, 0.15) is 31.6 Å². The van der Waals surface area contributed by atoms with Crippen molar-refractivity contribution < 1.29 is 14.3 Å². The number of nitrogens with one attached hydrogen (secondary N) is 2. The van der Waals surface area contributed by atoms with Gasteiger partial charge in [-0.15, -0.1) is 0 Å². The normalized spacial score (nSPS) is 20.9. The second-order valence-electron chi connectivity index (χ2n) is 5.82. The summed E-state index contributed by atoms with van der Waals surface area (Å²) in [7, 11) is 0. The van der Waals surface area contributed by atoms with E-state index in [2.05, 4.69) is 15.6 Å². The minimum absolute atomic E-state index is 0.128. The molecule has 1 fully saturated rings. The topological polar surface area (TPSA) is 87.4 Å². The van der Waals surface area contributed by atoms with E-state index in [9.17, 15) is 9.90 Å². The van der Waals surface area contributed by atoms with Crippen LogP contribution in [-0.2, 0) is 6.54 Å². The van der Waals surface area contributed by atoms with Crippen LogP contribution in [0.25, 0.3) is 11.3 Å². The highest BCUT2D eigenvalue weighted by atomic mass is 16.4. The van der Waals surface area contributed by atoms with Crippen molar-refractivity contribution in [2.75, 3.05) is 0 Å². The standard InChI is InChI=1S/C17H21N3O3/c21-14-8-6-13(7-9-14)20-17(22)19-11-16-18-10-15(23-16)12-4-2-1-3-5-12/h1-5,10,13-14,21H,6-9,11H2,(H2,19,20,22). The fourth-order valence-electron chi connectivity index (χ4n) is 2.74. The van der Waals surface area contributed by atoms with Crippen LogP contribution in [0.3, 0.4) is 0 Å². The summed E-state index contributed by atoms with van der Waals surface area (Å²) in [6.45, 7) is 0.244. The first-order valence-corrected chi connectivity index (χ1v) is 7.93. The molecule has 0 radical (unpaired) electrons. The number of carbonyl (C=O) groups is 1. The average molecular weight is 315 g/mol. The Balaban J connectivity index is 1.47. The maximum absolute atomic E-state index is 11.9. The largest absolute Gasteiger partial charge is 0.439 e. The highest BCUT2D eigenvalue weighted by Gasteiger charge is 2.20. The lowest BCUT2D eigenvalue weighted by Gasteiger charge is -2.26. The van der Waals surface area contributed by atoms with Crippen molar-refractivity contribution in [1.29, 1.82) is 0 Å². The van der Waals surface area contributed by atoms with E-state index < -0.39 is 0 Å².